The highest BCUT2D eigenvalue weighted by Gasteiger charge is 2.34. The van der Waals surface area contributed by atoms with E-state index in [0.29, 0.717) is 24.2 Å². The zero-order chi connectivity index (χ0) is 20.5. The van der Waals surface area contributed by atoms with Gasteiger partial charge in [-0.1, -0.05) is 33.6 Å². The maximum Gasteiger partial charge on any atom is 0.239 e. The molecule has 0 aromatic carbocycles. The van der Waals surface area contributed by atoms with Crippen LogP contribution in [0.5, 0.6) is 0 Å². The van der Waals surface area contributed by atoms with Gasteiger partial charge in [0.25, 0.3) is 0 Å². The molecule has 1 saturated carbocycles. The van der Waals surface area contributed by atoms with Crippen LogP contribution in [0.1, 0.15) is 64.6 Å². The monoisotopic (exact) mass is 410 g/mol. The number of aromatic nitrogens is 2. The molecule has 2 heterocycles. The molecule has 28 heavy (non-hydrogen) atoms. The lowest BCUT2D eigenvalue weighted by molar-refractivity contribution is -0.115. The van der Waals surface area contributed by atoms with Crippen molar-refractivity contribution < 1.29 is 13.2 Å². The molecule has 1 aromatic rings. The van der Waals surface area contributed by atoms with E-state index >= 15 is 0 Å². The molecule has 3 atom stereocenters. The van der Waals surface area contributed by atoms with E-state index < -0.39 is 9.84 Å². The summed E-state index contributed by atoms with van der Waals surface area (Å²) in [6, 6.07) is 1.96. The molecule has 1 saturated heterocycles. The molecule has 1 amide bonds. The van der Waals surface area contributed by atoms with Crippen LogP contribution in [0.4, 0.5) is 5.82 Å². The van der Waals surface area contributed by atoms with Gasteiger partial charge in [-0.3, -0.25) is 4.79 Å². The second kappa shape index (κ2) is 8.14. The van der Waals surface area contributed by atoms with Gasteiger partial charge in [-0.2, -0.15) is 5.10 Å². The number of amides is 1. The van der Waals surface area contributed by atoms with Crippen molar-refractivity contribution in [1.29, 1.82) is 0 Å². The van der Waals surface area contributed by atoms with Crippen LogP contribution in [0, 0.1) is 18.3 Å². The summed E-state index contributed by atoms with van der Waals surface area (Å²) in [5.41, 5.74) is 0.991. The summed E-state index contributed by atoms with van der Waals surface area (Å²) in [5, 5.41) is 10.8. The molecule has 0 radical (unpaired) electrons. The van der Waals surface area contributed by atoms with Crippen molar-refractivity contribution in [3.8, 4) is 0 Å². The second-order valence-electron chi connectivity index (χ2n) is 9.46. The molecule has 2 aliphatic rings. The maximum absolute atomic E-state index is 12.6. The van der Waals surface area contributed by atoms with Gasteiger partial charge in [0.2, 0.25) is 5.91 Å². The zero-order valence-electron chi connectivity index (χ0n) is 17.5. The molecular weight excluding hydrogens is 376 g/mol. The summed E-state index contributed by atoms with van der Waals surface area (Å²) >= 11 is 0. The number of carbonyl (C=O) groups excluding carboxylic acids is 1. The third kappa shape index (κ3) is 5.14. The smallest absolute Gasteiger partial charge is 0.239 e. The molecule has 1 aliphatic carbocycles. The van der Waals surface area contributed by atoms with E-state index in [0.717, 1.165) is 12.1 Å². The zero-order valence-corrected chi connectivity index (χ0v) is 18.3. The van der Waals surface area contributed by atoms with Crippen molar-refractivity contribution >= 4 is 21.6 Å². The van der Waals surface area contributed by atoms with Crippen LogP contribution in [0.15, 0.2) is 6.07 Å². The normalized spacial score (nSPS) is 27.6. The van der Waals surface area contributed by atoms with Crippen molar-refractivity contribution in [2.75, 3.05) is 23.4 Å². The molecule has 7 nitrogen and oxygen atoms in total. The minimum atomic E-state index is -3.01. The van der Waals surface area contributed by atoms with Gasteiger partial charge in [0.15, 0.2) is 9.84 Å². The van der Waals surface area contributed by atoms with Gasteiger partial charge in [0.1, 0.15) is 5.82 Å². The van der Waals surface area contributed by atoms with E-state index in [9.17, 15) is 13.2 Å². The van der Waals surface area contributed by atoms with Gasteiger partial charge in [0, 0.05) is 12.1 Å². The van der Waals surface area contributed by atoms with Crippen LogP contribution in [0.3, 0.4) is 0 Å². The Morgan fingerprint density at radius 1 is 1.25 bits per heavy atom. The topological polar surface area (TPSA) is 93.1 Å². The summed E-state index contributed by atoms with van der Waals surface area (Å²) < 4.78 is 25.3. The van der Waals surface area contributed by atoms with E-state index in [4.69, 9.17) is 0 Å². The van der Waals surface area contributed by atoms with Crippen LogP contribution in [-0.4, -0.2) is 48.2 Å². The van der Waals surface area contributed by atoms with Gasteiger partial charge in [-0.15, -0.1) is 0 Å². The first-order valence-corrected chi connectivity index (χ1v) is 12.2. The first kappa shape index (κ1) is 21.3. The lowest BCUT2D eigenvalue weighted by Crippen LogP contribution is -2.46. The Kier molecular flexibility index (Phi) is 6.20. The molecule has 2 fully saturated rings. The fraction of sp³-hybridized carbons (Fsp3) is 0.800. The fourth-order valence-electron chi connectivity index (χ4n) is 4.68. The van der Waals surface area contributed by atoms with E-state index in [2.05, 4.69) is 36.5 Å². The lowest BCUT2D eigenvalue weighted by atomic mass is 9.69. The molecule has 0 bridgehead atoms. The van der Waals surface area contributed by atoms with Crippen molar-refractivity contribution in [3.63, 3.8) is 0 Å². The van der Waals surface area contributed by atoms with E-state index in [1.165, 1.54) is 19.3 Å². The average molecular weight is 411 g/mol. The number of aryl methyl sites for hydroxylation is 1. The van der Waals surface area contributed by atoms with Crippen LogP contribution in [0.25, 0.3) is 0 Å². The largest absolute Gasteiger partial charge is 0.310 e. The maximum atomic E-state index is 12.6. The summed E-state index contributed by atoms with van der Waals surface area (Å²) in [4.78, 5) is 12.6. The molecule has 1 aliphatic heterocycles. The van der Waals surface area contributed by atoms with E-state index in [1.807, 2.05) is 6.92 Å². The fourth-order valence-corrected chi connectivity index (χ4v) is 6.37. The summed E-state index contributed by atoms with van der Waals surface area (Å²) in [6.07, 6.45) is 5.31. The number of hydrogen-bond donors (Lipinski definition) is 2. The van der Waals surface area contributed by atoms with Crippen molar-refractivity contribution in [3.05, 3.63) is 11.8 Å². The van der Waals surface area contributed by atoms with Crippen LogP contribution < -0.4 is 10.6 Å². The average Bonchev–Trinajstić information content (AvgIpc) is 3.14. The first-order valence-electron chi connectivity index (χ1n) is 10.3. The highest BCUT2D eigenvalue weighted by molar-refractivity contribution is 7.91. The van der Waals surface area contributed by atoms with Gasteiger partial charge >= 0.3 is 0 Å². The number of rotatable bonds is 5. The molecule has 8 heteroatoms. The second-order valence-corrected chi connectivity index (χ2v) is 11.7. The van der Waals surface area contributed by atoms with E-state index in [-0.39, 0.29) is 35.4 Å². The molecule has 2 N–H and O–H groups in total. The van der Waals surface area contributed by atoms with Gasteiger partial charge in [0.05, 0.1) is 29.8 Å². The molecule has 158 valence electrons. The van der Waals surface area contributed by atoms with Gasteiger partial charge in [-0.25, -0.2) is 13.1 Å². The Morgan fingerprint density at radius 3 is 2.61 bits per heavy atom. The number of nitrogens with zero attached hydrogens (tertiary/aromatic N) is 2. The molecule has 3 rings (SSSR count). The van der Waals surface area contributed by atoms with Crippen LogP contribution >= 0.6 is 0 Å². The standard InChI is InChI=1S/C20H34N4O3S/c1-14-11-18(24(23-14)15-9-10-28(26,27)13-15)22-19(25)12-21-17-8-6-5-7-16(17)20(2,3)4/h11,15-17,21H,5-10,12-13H2,1-4H3,(H,22,25). The number of nitrogens with one attached hydrogen (secondary N) is 2. The highest BCUT2D eigenvalue weighted by atomic mass is 32.2. The third-order valence-electron chi connectivity index (χ3n) is 6.08. The van der Waals surface area contributed by atoms with Crippen molar-refractivity contribution in [2.24, 2.45) is 11.3 Å². The summed E-state index contributed by atoms with van der Waals surface area (Å²) in [7, 11) is -3.01. The minimum Gasteiger partial charge on any atom is -0.310 e. The highest BCUT2D eigenvalue weighted by Crippen LogP contribution is 2.38. The van der Waals surface area contributed by atoms with Gasteiger partial charge in [-0.05, 0) is 37.5 Å². The Hall–Kier alpha value is -1.41. The first-order chi connectivity index (χ1) is 13.0. The molecule has 3 unspecified atom stereocenters. The van der Waals surface area contributed by atoms with Crippen LogP contribution in [0.2, 0.25) is 0 Å². The summed E-state index contributed by atoms with van der Waals surface area (Å²) in [6.45, 7) is 8.92. The Morgan fingerprint density at radius 2 is 1.96 bits per heavy atom. The summed E-state index contributed by atoms with van der Waals surface area (Å²) in [5.74, 6) is 1.31. The molecule has 1 aromatic heterocycles. The molecular formula is C20H34N4O3S. The third-order valence-corrected chi connectivity index (χ3v) is 7.83. The Balaban J connectivity index is 1.61. The van der Waals surface area contributed by atoms with Crippen LogP contribution in [-0.2, 0) is 14.6 Å². The number of anilines is 1. The number of sulfone groups is 1. The Labute approximate surface area is 168 Å². The van der Waals surface area contributed by atoms with Gasteiger partial charge < -0.3 is 10.6 Å². The van der Waals surface area contributed by atoms with E-state index in [1.54, 1.807) is 10.7 Å². The number of hydrogen-bond acceptors (Lipinski definition) is 5. The molecule has 0 spiro atoms. The predicted molar refractivity (Wildman–Crippen MR) is 111 cm³/mol. The lowest BCUT2D eigenvalue weighted by Gasteiger charge is -2.40. The number of carbonyl (C=O) groups is 1. The minimum absolute atomic E-state index is 0.0879. The van der Waals surface area contributed by atoms with Crippen molar-refractivity contribution in [1.82, 2.24) is 15.1 Å². The Bertz CT molecular complexity index is 810. The van der Waals surface area contributed by atoms with Crippen molar-refractivity contribution in [2.45, 2.75) is 71.9 Å². The predicted octanol–water partition coefficient (Wildman–Crippen LogP) is 2.68. The SMILES string of the molecule is Cc1cc(NC(=O)CNC2CCCCC2C(C)(C)C)n(C2CCS(=O)(=O)C2)n1. The quantitative estimate of drug-likeness (QED) is 0.778.